The fraction of sp³-hybridized carbons (Fsp3) is 0.333. The summed E-state index contributed by atoms with van der Waals surface area (Å²) in [6, 6.07) is 6.74. The van der Waals surface area contributed by atoms with Gasteiger partial charge in [0.2, 0.25) is 5.91 Å². The zero-order chi connectivity index (χ0) is 13.4. The van der Waals surface area contributed by atoms with E-state index in [1.165, 1.54) is 0 Å². The van der Waals surface area contributed by atoms with Crippen molar-refractivity contribution in [3.63, 3.8) is 0 Å². The Morgan fingerprint density at radius 1 is 1.28 bits per heavy atom. The highest BCUT2D eigenvalue weighted by Crippen LogP contribution is 2.10. The Balaban J connectivity index is 2.35. The van der Waals surface area contributed by atoms with Gasteiger partial charge in [0.1, 0.15) is 5.75 Å². The number of imide groups is 1. The molecule has 5 nitrogen and oxygen atoms in total. The third-order valence-electron chi connectivity index (χ3n) is 2.19. The van der Waals surface area contributed by atoms with Crippen LogP contribution in [0.4, 0.5) is 4.79 Å². The first-order chi connectivity index (χ1) is 8.65. The predicted octanol–water partition coefficient (Wildman–Crippen LogP) is 1.65. The van der Waals surface area contributed by atoms with Crippen molar-refractivity contribution in [2.24, 2.45) is 0 Å². The number of nitrogens with one attached hydrogen (secondary N) is 2. The van der Waals surface area contributed by atoms with Crippen LogP contribution < -0.4 is 15.4 Å². The van der Waals surface area contributed by atoms with E-state index in [0.29, 0.717) is 6.54 Å². The molecule has 1 aromatic carbocycles. The molecule has 0 radical (unpaired) electrons. The number of alkyl halides is 1. The van der Waals surface area contributed by atoms with E-state index in [4.69, 9.17) is 16.3 Å². The van der Waals surface area contributed by atoms with E-state index >= 15 is 0 Å². The van der Waals surface area contributed by atoms with Crippen molar-refractivity contribution in [3.05, 3.63) is 29.8 Å². The van der Waals surface area contributed by atoms with E-state index in [1.807, 2.05) is 12.1 Å². The van der Waals surface area contributed by atoms with Gasteiger partial charge in [0.05, 0.1) is 7.11 Å². The Morgan fingerprint density at radius 3 is 2.50 bits per heavy atom. The van der Waals surface area contributed by atoms with Gasteiger partial charge in [-0.15, -0.1) is 11.6 Å². The van der Waals surface area contributed by atoms with Crippen LogP contribution in [-0.2, 0) is 11.3 Å². The third kappa shape index (κ3) is 5.05. The molecule has 1 aromatic rings. The van der Waals surface area contributed by atoms with Crippen LogP contribution >= 0.6 is 11.6 Å². The Morgan fingerprint density at radius 2 is 1.94 bits per heavy atom. The summed E-state index contributed by atoms with van der Waals surface area (Å²) in [6.07, 6.45) is 0.123. The Hall–Kier alpha value is -1.75. The predicted molar refractivity (Wildman–Crippen MR) is 68.7 cm³/mol. The molecular formula is C12H15ClN2O3. The number of carbonyl (C=O) groups is 2. The topological polar surface area (TPSA) is 67.4 Å². The lowest BCUT2D eigenvalue weighted by molar-refractivity contribution is -0.119. The molecule has 0 aliphatic heterocycles. The van der Waals surface area contributed by atoms with Crippen molar-refractivity contribution in [2.45, 2.75) is 13.0 Å². The molecule has 6 heteroatoms. The molecule has 0 aliphatic carbocycles. The summed E-state index contributed by atoms with van der Waals surface area (Å²) in [5.74, 6) is 0.551. The molecule has 0 saturated carbocycles. The number of methoxy groups -OCH3 is 1. The second-order valence-corrected chi connectivity index (χ2v) is 3.90. The first kappa shape index (κ1) is 14.3. The van der Waals surface area contributed by atoms with Gasteiger partial charge in [-0.2, -0.15) is 0 Å². The van der Waals surface area contributed by atoms with Gasteiger partial charge in [-0.05, 0) is 17.7 Å². The zero-order valence-corrected chi connectivity index (χ0v) is 10.8. The first-order valence-electron chi connectivity index (χ1n) is 5.42. The van der Waals surface area contributed by atoms with Gasteiger partial charge in [-0.1, -0.05) is 12.1 Å². The summed E-state index contributed by atoms with van der Waals surface area (Å²) in [7, 11) is 1.59. The number of hydrogen-bond acceptors (Lipinski definition) is 3. The lowest BCUT2D eigenvalue weighted by atomic mass is 10.2. The molecule has 1 rings (SSSR count). The molecule has 0 atom stereocenters. The number of hydrogen-bond donors (Lipinski definition) is 2. The van der Waals surface area contributed by atoms with Crippen molar-refractivity contribution >= 4 is 23.5 Å². The Kier molecular flexibility index (Phi) is 6.00. The quantitative estimate of drug-likeness (QED) is 0.800. The summed E-state index contributed by atoms with van der Waals surface area (Å²) in [5, 5.41) is 4.75. The molecule has 0 unspecified atom stereocenters. The maximum atomic E-state index is 11.3. The number of amides is 3. The molecule has 0 aromatic heterocycles. The van der Waals surface area contributed by atoms with Gasteiger partial charge in [-0.25, -0.2) is 4.79 Å². The number of rotatable bonds is 5. The minimum absolute atomic E-state index is 0.123. The smallest absolute Gasteiger partial charge is 0.321 e. The van der Waals surface area contributed by atoms with Crippen molar-refractivity contribution < 1.29 is 14.3 Å². The maximum Gasteiger partial charge on any atom is 0.321 e. The van der Waals surface area contributed by atoms with Crippen molar-refractivity contribution in [1.82, 2.24) is 10.6 Å². The van der Waals surface area contributed by atoms with E-state index in [9.17, 15) is 9.59 Å². The van der Waals surface area contributed by atoms with Crippen LogP contribution in [0, 0.1) is 0 Å². The van der Waals surface area contributed by atoms with E-state index in [2.05, 4.69) is 10.6 Å². The first-order valence-corrected chi connectivity index (χ1v) is 5.95. The SMILES string of the molecule is COc1ccc(CNC(=O)NC(=O)CCCl)cc1. The van der Waals surface area contributed by atoms with E-state index < -0.39 is 11.9 Å². The average Bonchev–Trinajstić information content (AvgIpc) is 2.37. The van der Waals surface area contributed by atoms with Crippen molar-refractivity contribution in [1.29, 1.82) is 0 Å². The summed E-state index contributed by atoms with van der Waals surface area (Å²) in [4.78, 5) is 22.4. The lowest BCUT2D eigenvalue weighted by Crippen LogP contribution is -2.39. The van der Waals surface area contributed by atoms with Crippen LogP contribution in [-0.4, -0.2) is 24.9 Å². The molecular weight excluding hydrogens is 256 g/mol. The molecule has 0 spiro atoms. The standard InChI is InChI=1S/C12H15ClN2O3/c1-18-10-4-2-9(3-5-10)8-14-12(17)15-11(16)6-7-13/h2-5H,6-8H2,1H3,(H2,14,15,16,17). The molecule has 0 aliphatic rings. The molecule has 0 saturated heterocycles. The normalized spacial score (nSPS) is 9.67. The van der Waals surface area contributed by atoms with E-state index in [1.54, 1.807) is 19.2 Å². The monoisotopic (exact) mass is 270 g/mol. The van der Waals surface area contributed by atoms with Crippen LogP contribution in [0.5, 0.6) is 5.75 Å². The number of halogens is 1. The van der Waals surface area contributed by atoms with Crippen LogP contribution in [0.3, 0.4) is 0 Å². The minimum Gasteiger partial charge on any atom is -0.497 e. The maximum absolute atomic E-state index is 11.3. The van der Waals surface area contributed by atoms with Gasteiger partial charge in [-0.3, -0.25) is 10.1 Å². The molecule has 18 heavy (non-hydrogen) atoms. The molecule has 3 amide bonds. The van der Waals surface area contributed by atoms with Crippen molar-refractivity contribution in [3.8, 4) is 5.75 Å². The van der Waals surface area contributed by atoms with Gasteiger partial charge in [0.15, 0.2) is 0 Å². The van der Waals surface area contributed by atoms with E-state index in [0.717, 1.165) is 11.3 Å². The summed E-state index contributed by atoms with van der Waals surface area (Å²) >= 11 is 5.38. The Labute approximate surface area is 110 Å². The highest BCUT2D eigenvalue weighted by molar-refractivity contribution is 6.19. The van der Waals surface area contributed by atoms with Crippen LogP contribution in [0.15, 0.2) is 24.3 Å². The molecule has 0 fully saturated rings. The molecule has 0 bridgehead atoms. The van der Waals surface area contributed by atoms with Crippen LogP contribution in [0.25, 0.3) is 0 Å². The largest absolute Gasteiger partial charge is 0.497 e. The van der Waals surface area contributed by atoms with Gasteiger partial charge >= 0.3 is 6.03 Å². The van der Waals surface area contributed by atoms with Crippen LogP contribution in [0.2, 0.25) is 0 Å². The average molecular weight is 271 g/mol. The van der Waals surface area contributed by atoms with Gasteiger partial charge in [0, 0.05) is 18.8 Å². The lowest BCUT2D eigenvalue weighted by Gasteiger charge is -2.07. The summed E-state index contributed by atoms with van der Waals surface area (Å²) in [5.41, 5.74) is 0.913. The number of ether oxygens (including phenoxy) is 1. The number of urea groups is 1. The third-order valence-corrected chi connectivity index (χ3v) is 2.38. The van der Waals surface area contributed by atoms with Gasteiger partial charge in [0.25, 0.3) is 0 Å². The fourth-order valence-corrected chi connectivity index (χ4v) is 1.42. The highest BCUT2D eigenvalue weighted by atomic mass is 35.5. The molecule has 0 heterocycles. The number of carbonyl (C=O) groups excluding carboxylic acids is 2. The summed E-state index contributed by atoms with van der Waals surface area (Å²) in [6.45, 7) is 0.337. The Bertz CT molecular complexity index is 406. The second-order valence-electron chi connectivity index (χ2n) is 3.52. The fourth-order valence-electron chi connectivity index (χ4n) is 1.24. The zero-order valence-electron chi connectivity index (χ0n) is 10.0. The molecule has 2 N–H and O–H groups in total. The number of benzene rings is 1. The van der Waals surface area contributed by atoms with Crippen LogP contribution in [0.1, 0.15) is 12.0 Å². The molecule has 98 valence electrons. The van der Waals surface area contributed by atoms with Crippen molar-refractivity contribution in [2.75, 3.05) is 13.0 Å². The summed E-state index contributed by atoms with van der Waals surface area (Å²) < 4.78 is 5.02. The highest BCUT2D eigenvalue weighted by Gasteiger charge is 2.06. The van der Waals surface area contributed by atoms with Gasteiger partial charge < -0.3 is 10.1 Å². The minimum atomic E-state index is -0.527. The van der Waals surface area contributed by atoms with E-state index in [-0.39, 0.29) is 12.3 Å². The second kappa shape index (κ2) is 7.55.